The summed E-state index contributed by atoms with van der Waals surface area (Å²) in [5.41, 5.74) is 0.814. The van der Waals surface area contributed by atoms with E-state index in [0.717, 1.165) is 30.8 Å². The molecule has 0 bridgehead atoms. The Bertz CT molecular complexity index is 711. The highest BCUT2D eigenvalue weighted by Crippen LogP contribution is 2.23. The quantitative estimate of drug-likeness (QED) is 0.862. The van der Waals surface area contributed by atoms with Gasteiger partial charge in [-0.15, -0.1) is 0 Å². The summed E-state index contributed by atoms with van der Waals surface area (Å²) in [6, 6.07) is 1.74. The highest BCUT2D eigenvalue weighted by molar-refractivity contribution is 5.91. The molecule has 1 saturated heterocycles. The van der Waals surface area contributed by atoms with Crippen molar-refractivity contribution in [1.29, 1.82) is 0 Å². The van der Waals surface area contributed by atoms with Crippen molar-refractivity contribution in [3.63, 3.8) is 0 Å². The molecule has 8 heteroatoms. The summed E-state index contributed by atoms with van der Waals surface area (Å²) in [4.78, 5) is 18.9. The number of hydrogen-bond acceptors (Lipinski definition) is 6. The van der Waals surface area contributed by atoms with Gasteiger partial charge in [0.05, 0.1) is 18.8 Å². The van der Waals surface area contributed by atoms with Crippen LogP contribution in [0.1, 0.15) is 73.5 Å². The van der Waals surface area contributed by atoms with Crippen molar-refractivity contribution in [1.82, 2.24) is 25.2 Å². The number of ether oxygens (including phenoxy) is 1. The SMILES string of the molecule is CCCc1nc([C@@H]2CN(C(=O)c3cc([C@H](C)CC)no3)CCO2)n[nH]1. The zero-order valence-corrected chi connectivity index (χ0v) is 15.0. The van der Waals surface area contributed by atoms with E-state index >= 15 is 0 Å². The Morgan fingerprint density at radius 1 is 1.48 bits per heavy atom. The van der Waals surface area contributed by atoms with Gasteiger partial charge in [-0.05, 0) is 12.8 Å². The summed E-state index contributed by atoms with van der Waals surface area (Å²) in [7, 11) is 0. The lowest BCUT2D eigenvalue weighted by Gasteiger charge is -2.30. The van der Waals surface area contributed by atoms with Gasteiger partial charge >= 0.3 is 0 Å². The van der Waals surface area contributed by atoms with Gasteiger partial charge in [0.25, 0.3) is 5.91 Å². The van der Waals surface area contributed by atoms with Gasteiger partial charge in [-0.2, -0.15) is 5.10 Å². The zero-order chi connectivity index (χ0) is 17.8. The van der Waals surface area contributed by atoms with Gasteiger partial charge in [0.1, 0.15) is 11.9 Å². The molecule has 2 aromatic heterocycles. The number of morpholine rings is 1. The van der Waals surface area contributed by atoms with Gasteiger partial charge in [0.15, 0.2) is 5.82 Å². The van der Waals surface area contributed by atoms with Crippen molar-refractivity contribution in [2.45, 2.75) is 52.1 Å². The van der Waals surface area contributed by atoms with Crippen molar-refractivity contribution >= 4 is 5.91 Å². The molecule has 3 rings (SSSR count). The summed E-state index contributed by atoms with van der Waals surface area (Å²) in [5, 5.41) is 11.2. The second-order valence-corrected chi connectivity index (χ2v) is 6.43. The highest BCUT2D eigenvalue weighted by atomic mass is 16.5. The van der Waals surface area contributed by atoms with Crippen LogP contribution in [-0.2, 0) is 11.2 Å². The number of nitrogens with zero attached hydrogens (tertiary/aromatic N) is 4. The molecular weight excluding hydrogens is 322 g/mol. The first-order chi connectivity index (χ1) is 12.1. The molecule has 0 unspecified atom stereocenters. The molecule has 1 fully saturated rings. The Morgan fingerprint density at radius 3 is 3.08 bits per heavy atom. The highest BCUT2D eigenvalue weighted by Gasteiger charge is 2.30. The van der Waals surface area contributed by atoms with Gasteiger partial charge in [-0.25, -0.2) is 4.98 Å². The molecule has 1 N–H and O–H groups in total. The van der Waals surface area contributed by atoms with E-state index in [-0.39, 0.29) is 23.7 Å². The molecule has 1 amide bonds. The van der Waals surface area contributed by atoms with E-state index in [0.29, 0.717) is 25.5 Å². The van der Waals surface area contributed by atoms with E-state index in [1.54, 1.807) is 11.0 Å². The zero-order valence-electron chi connectivity index (χ0n) is 15.0. The molecule has 2 atom stereocenters. The molecule has 1 aliphatic heterocycles. The molecule has 0 aliphatic carbocycles. The van der Waals surface area contributed by atoms with E-state index in [9.17, 15) is 4.79 Å². The van der Waals surface area contributed by atoms with Crippen LogP contribution >= 0.6 is 0 Å². The van der Waals surface area contributed by atoms with E-state index < -0.39 is 0 Å². The Hall–Kier alpha value is -2.22. The number of hydrogen-bond donors (Lipinski definition) is 1. The smallest absolute Gasteiger partial charge is 0.292 e. The second-order valence-electron chi connectivity index (χ2n) is 6.43. The number of rotatable bonds is 6. The monoisotopic (exact) mass is 347 g/mol. The van der Waals surface area contributed by atoms with Crippen molar-refractivity contribution in [3.8, 4) is 0 Å². The average molecular weight is 347 g/mol. The molecule has 0 spiro atoms. The van der Waals surface area contributed by atoms with Crippen molar-refractivity contribution < 1.29 is 14.1 Å². The van der Waals surface area contributed by atoms with Crippen molar-refractivity contribution in [3.05, 3.63) is 29.2 Å². The predicted octanol–water partition coefficient (Wildman–Crippen LogP) is 2.47. The third-order valence-corrected chi connectivity index (χ3v) is 4.53. The molecule has 0 saturated carbocycles. The maximum atomic E-state index is 12.7. The Balaban J connectivity index is 1.67. The van der Waals surface area contributed by atoms with Crippen LogP contribution < -0.4 is 0 Å². The number of H-pyrrole nitrogens is 1. The molecule has 2 aromatic rings. The molecule has 25 heavy (non-hydrogen) atoms. The summed E-state index contributed by atoms with van der Waals surface area (Å²) in [5.74, 6) is 1.82. The number of aromatic nitrogens is 4. The fourth-order valence-electron chi connectivity index (χ4n) is 2.78. The van der Waals surface area contributed by atoms with Crippen LogP contribution in [0.3, 0.4) is 0 Å². The lowest BCUT2D eigenvalue weighted by Crippen LogP contribution is -2.42. The number of aryl methyl sites for hydroxylation is 1. The Kier molecular flexibility index (Phi) is 5.47. The first-order valence-electron chi connectivity index (χ1n) is 8.91. The van der Waals surface area contributed by atoms with Crippen LogP contribution in [0.15, 0.2) is 10.6 Å². The Labute approximate surface area is 146 Å². The van der Waals surface area contributed by atoms with Gasteiger partial charge in [0, 0.05) is 24.9 Å². The summed E-state index contributed by atoms with van der Waals surface area (Å²) >= 11 is 0. The van der Waals surface area contributed by atoms with Crippen LogP contribution in [0, 0.1) is 0 Å². The first-order valence-corrected chi connectivity index (χ1v) is 8.91. The Morgan fingerprint density at radius 2 is 2.32 bits per heavy atom. The lowest BCUT2D eigenvalue weighted by molar-refractivity contribution is -0.0278. The molecule has 3 heterocycles. The number of carbonyl (C=O) groups is 1. The molecule has 0 radical (unpaired) electrons. The standard InChI is InChI=1S/C17H25N5O3/c1-4-6-15-18-16(20-19-15)14-10-22(7-8-24-14)17(23)13-9-12(21-25-13)11(3)5-2/h9,11,14H,4-8,10H2,1-3H3,(H,18,19,20)/t11-,14+/m1/s1. The third-order valence-electron chi connectivity index (χ3n) is 4.53. The fraction of sp³-hybridized carbons (Fsp3) is 0.647. The number of aromatic amines is 1. The van der Waals surface area contributed by atoms with E-state index in [1.165, 1.54) is 0 Å². The predicted molar refractivity (Wildman–Crippen MR) is 90.2 cm³/mol. The fourth-order valence-corrected chi connectivity index (χ4v) is 2.78. The molecular formula is C17H25N5O3. The van der Waals surface area contributed by atoms with Crippen LogP contribution in [0.2, 0.25) is 0 Å². The van der Waals surface area contributed by atoms with E-state index in [2.05, 4.69) is 41.1 Å². The van der Waals surface area contributed by atoms with Crippen LogP contribution in [0.5, 0.6) is 0 Å². The maximum Gasteiger partial charge on any atom is 0.292 e. The molecule has 8 nitrogen and oxygen atoms in total. The first kappa shape index (κ1) is 17.6. The minimum atomic E-state index is -0.323. The summed E-state index contributed by atoms with van der Waals surface area (Å²) in [6.07, 6.45) is 2.47. The van der Waals surface area contributed by atoms with Gasteiger partial charge < -0.3 is 14.2 Å². The third kappa shape index (κ3) is 3.89. The maximum absolute atomic E-state index is 12.7. The average Bonchev–Trinajstić information content (AvgIpc) is 3.30. The number of amides is 1. The van der Waals surface area contributed by atoms with E-state index in [1.807, 2.05) is 0 Å². The van der Waals surface area contributed by atoms with E-state index in [4.69, 9.17) is 9.26 Å². The van der Waals surface area contributed by atoms with Gasteiger partial charge in [-0.3, -0.25) is 9.89 Å². The normalized spacial score (nSPS) is 19.2. The van der Waals surface area contributed by atoms with Gasteiger partial charge in [0.2, 0.25) is 5.76 Å². The second kappa shape index (κ2) is 7.77. The lowest BCUT2D eigenvalue weighted by atomic mass is 10.1. The largest absolute Gasteiger partial charge is 0.366 e. The molecule has 136 valence electrons. The summed E-state index contributed by atoms with van der Waals surface area (Å²) < 4.78 is 11.0. The van der Waals surface area contributed by atoms with Crippen LogP contribution in [0.4, 0.5) is 0 Å². The molecule has 1 aliphatic rings. The number of carbonyl (C=O) groups excluding carboxylic acids is 1. The summed E-state index contributed by atoms with van der Waals surface area (Å²) in [6.45, 7) is 7.60. The topological polar surface area (TPSA) is 97.1 Å². The van der Waals surface area contributed by atoms with Crippen LogP contribution in [-0.4, -0.2) is 50.8 Å². The van der Waals surface area contributed by atoms with Crippen molar-refractivity contribution in [2.75, 3.05) is 19.7 Å². The minimum absolute atomic E-state index is 0.167. The van der Waals surface area contributed by atoms with Crippen LogP contribution in [0.25, 0.3) is 0 Å². The molecule has 0 aromatic carbocycles. The van der Waals surface area contributed by atoms with Crippen molar-refractivity contribution in [2.24, 2.45) is 0 Å². The number of nitrogens with one attached hydrogen (secondary N) is 1. The van der Waals surface area contributed by atoms with Gasteiger partial charge in [-0.1, -0.05) is 25.9 Å². The minimum Gasteiger partial charge on any atom is -0.366 e.